The van der Waals surface area contributed by atoms with Crippen LogP contribution in [0.2, 0.25) is 0 Å². The number of carbonyl (C=O) groups is 1. The number of nitrogens with one attached hydrogen (secondary N) is 1. The number of nitrogens with zero attached hydrogens (tertiary/aromatic N) is 1. The number of amides is 1. The van der Waals surface area contributed by atoms with Gasteiger partial charge in [0.25, 0.3) is 0 Å². The summed E-state index contributed by atoms with van der Waals surface area (Å²) in [5, 5.41) is 5.11. The van der Waals surface area contributed by atoms with Gasteiger partial charge in [-0.2, -0.15) is 0 Å². The van der Waals surface area contributed by atoms with Crippen LogP contribution in [0, 0.1) is 5.92 Å². The van der Waals surface area contributed by atoms with E-state index in [0.29, 0.717) is 19.0 Å². The van der Waals surface area contributed by atoms with Gasteiger partial charge >= 0.3 is 0 Å². The summed E-state index contributed by atoms with van der Waals surface area (Å²) in [5.41, 5.74) is 1.96. The fourth-order valence-corrected chi connectivity index (χ4v) is 4.06. The Bertz CT molecular complexity index is 1020. The van der Waals surface area contributed by atoms with E-state index in [1.54, 1.807) is 0 Å². The van der Waals surface area contributed by atoms with Gasteiger partial charge < -0.3 is 14.8 Å². The van der Waals surface area contributed by atoms with Gasteiger partial charge in [-0.05, 0) is 35.7 Å². The van der Waals surface area contributed by atoms with Crippen molar-refractivity contribution in [3.05, 3.63) is 60.2 Å². The second-order valence-electron chi connectivity index (χ2n) is 7.32. The van der Waals surface area contributed by atoms with E-state index < -0.39 is 0 Å². The number of rotatable bonds is 6. The third-order valence-electron chi connectivity index (χ3n) is 4.83. The molecule has 150 valence electrons. The fourth-order valence-electron chi connectivity index (χ4n) is 3.37. The van der Waals surface area contributed by atoms with E-state index >= 15 is 0 Å². The van der Waals surface area contributed by atoms with Crippen molar-refractivity contribution >= 4 is 28.6 Å². The molecule has 0 bridgehead atoms. The van der Waals surface area contributed by atoms with Crippen LogP contribution in [0.5, 0.6) is 11.5 Å². The highest BCUT2D eigenvalue weighted by Crippen LogP contribution is 2.34. The van der Waals surface area contributed by atoms with Crippen LogP contribution in [-0.4, -0.2) is 29.9 Å². The molecular weight excluding hydrogens is 384 g/mol. The Morgan fingerprint density at radius 1 is 1.07 bits per heavy atom. The van der Waals surface area contributed by atoms with Crippen molar-refractivity contribution in [1.82, 2.24) is 10.3 Å². The van der Waals surface area contributed by atoms with Gasteiger partial charge in [-0.15, -0.1) is 0 Å². The minimum absolute atomic E-state index is 0.0152. The maximum atomic E-state index is 12.6. The van der Waals surface area contributed by atoms with Crippen molar-refractivity contribution in [2.45, 2.75) is 24.9 Å². The molecule has 1 aliphatic rings. The predicted octanol–water partition coefficient (Wildman–Crippen LogP) is 4.61. The second kappa shape index (κ2) is 8.74. The monoisotopic (exact) mass is 408 g/mol. The summed E-state index contributed by atoms with van der Waals surface area (Å²) >= 11 is 1.45. The van der Waals surface area contributed by atoms with E-state index in [9.17, 15) is 4.79 Å². The van der Waals surface area contributed by atoms with Gasteiger partial charge in [0.05, 0.1) is 22.3 Å². The van der Waals surface area contributed by atoms with E-state index in [4.69, 9.17) is 9.47 Å². The molecule has 0 aliphatic carbocycles. The lowest BCUT2D eigenvalue weighted by Gasteiger charge is -2.25. The number of ether oxygens (including phenoxy) is 2. The number of pyridine rings is 1. The Hall–Kier alpha value is -2.73. The van der Waals surface area contributed by atoms with Crippen LogP contribution in [0.1, 0.15) is 25.5 Å². The Labute approximate surface area is 174 Å². The Morgan fingerprint density at radius 2 is 1.86 bits per heavy atom. The van der Waals surface area contributed by atoms with Crippen LogP contribution in [-0.2, 0) is 4.79 Å². The topological polar surface area (TPSA) is 60.5 Å². The highest BCUT2D eigenvalue weighted by Gasteiger charge is 2.21. The van der Waals surface area contributed by atoms with Crippen LogP contribution < -0.4 is 14.8 Å². The lowest BCUT2D eigenvalue weighted by molar-refractivity contribution is -0.119. The molecule has 5 nitrogen and oxygen atoms in total. The first kappa shape index (κ1) is 19.6. The molecule has 1 atom stereocenters. The number of carbonyl (C=O) groups excluding carboxylic acids is 1. The molecule has 0 unspecified atom stereocenters. The molecule has 1 aromatic heterocycles. The fraction of sp³-hybridized carbons (Fsp3) is 0.304. The molecule has 2 aromatic carbocycles. The Kier molecular flexibility index (Phi) is 5.90. The number of benzene rings is 2. The largest absolute Gasteiger partial charge is 0.486 e. The quantitative estimate of drug-likeness (QED) is 0.604. The molecular formula is C23H24N2O3S. The standard InChI is InChI=1S/C23H24N2O3S/c1-15(2)23(17-7-9-19-20(13-17)28-12-11-27-19)25-21(26)14-29-22-10-8-16-5-3-4-6-18(16)24-22/h3-10,13,15,23H,11-12,14H2,1-2H3,(H,25,26)/t23-/m0/s1. The average Bonchev–Trinajstić information content (AvgIpc) is 2.75. The van der Waals surface area contributed by atoms with Gasteiger partial charge in [0.2, 0.25) is 5.91 Å². The number of hydrogen-bond donors (Lipinski definition) is 1. The number of fused-ring (bicyclic) bond motifs is 2. The summed E-state index contributed by atoms with van der Waals surface area (Å²) in [4.78, 5) is 17.3. The van der Waals surface area contributed by atoms with Crippen molar-refractivity contribution in [1.29, 1.82) is 0 Å². The molecule has 0 saturated heterocycles. The van der Waals surface area contributed by atoms with E-state index in [1.807, 2.05) is 54.6 Å². The van der Waals surface area contributed by atoms with Crippen molar-refractivity contribution in [3.63, 3.8) is 0 Å². The maximum Gasteiger partial charge on any atom is 0.230 e. The van der Waals surface area contributed by atoms with Crippen molar-refractivity contribution in [3.8, 4) is 11.5 Å². The van der Waals surface area contributed by atoms with Gasteiger partial charge in [-0.25, -0.2) is 4.98 Å². The summed E-state index contributed by atoms with van der Waals surface area (Å²) in [6, 6.07) is 17.8. The highest BCUT2D eigenvalue weighted by molar-refractivity contribution is 7.99. The third-order valence-corrected chi connectivity index (χ3v) is 5.76. The van der Waals surface area contributed by atoms with Gasteiger partial charge in [-0.3, -0.25) is 4.79 Å². The molecule has 0 saturated carbocycles. The number of thioether (sulfide) groups is 1. The van der Waals surface area contributed by atoms with E-state index in [1.165, 1.54) is 11.8 Å². The lowest BCUT2D eigenvalue weighted by atomic mass is 9.95. The summed E-state index contributed by atoms with van der Waals surface area (Å²) < 4.78 is 11.3. The molecule has 29 heavy (non-hydrogen) atoms. The first-order valence-electron chi connectivity index (χ1n) is 9.77. The van der Waals surface area contributed by atoms with Crippen molar-refractivity contribution in [2.24, 2.45) is 5.92 Å². The summed E-state index contributed by atoms with van der Waals surface area (Å²) in [5.74, 6) is 2.04. The van der Waals surface area contributed by atoms with Gasteiger partial charge in [0, 0.05) is 5.39 Å². The number of aromatic nitrogens is 1. The molecule has 4 rings (SSSR count). The summed E-state index contributed by atoms with van der Waals surface area (Å²) in [6.07, 6.45) is 0. The Morgan fingerprint density at radius 3 is 2.69 bits per heavy atom. The first-order chi connectivity index (χ1) is 14.1. The molecule has 0 spiro atoms. The second-order valence-corrected chi connectivity index (χ2v) is 8.32. The van der Waals surface area contributed by atoms with Crippen LogP contribution in [0.4, 0.5) is 0 Å². The summed E-state index contributed by atoms with van der Waals surface area (Å²) in [7, 11) is 0. The zero-order valence-corrected chi connectivity index (χ0v) is 17.4. The molecule has 3 aromatic rings. The van der Waals surface area contributed by atoms with E-state index in [2.05, 4.69) is 24.1 Å². The third kappa shape index (κ3) is 4.65. The maximum absolute atomic E-state index is 12.6. The van der Waals surface area contributed by atoms with Crippen LogP contribution in [0.15, 0.2) is 59.6 Å². The van der Waals surface area contributed by atoms with Gasteiger partial charge in [0.15, 0.2) is 11.5 Å². The molecule has 0 radical (unpaired) electrons. The molecule has 1 amide bonds. The zero-order valence-electron chi connectivity index (χ0n) is 16.6. The summed E-state index contributed by atoms with van der Waals surface area (Å²) in [6.45, 7) is 5.31. The Balaban J connectivity index is 1.42. The van der Waals surface area contributed by atoms with E-state index in [-0.39, 0.29) is 17.9 Å². The lowest BCUT2D eigenvalue weighted by Crippen LogP contribution is -2.33. The zero-order chi connectivity index (χ0) is 20.2. The van der Waals surface area contributed by atoms with Gasteiger partial charge in [0.1, 0.15) is 13.2 Å². The van der Waals surface area contributed by atoms with E-state index in [0.717, 1.165) is 33.0 Å². The number of hydrogen-bond acceptors (Lipinski definition) is 5. The van der Waals surface area contributed by atoms with Crippen LogP contribution in [0.3, 0.4) is 0 Å². The van der Waals surface area contributed by atoms with Crippen LogP contribution >= 0.6 is 11.8 Å². The highest BCUT2D eigenvalue weighted by atomic mass is 32.2. The minimum atomic E-state index is -0.0940. The molecule has 1 aliphatic heterocycles. The average molecular weight is 409 g/mol. The normalized spacial score (nSPS) is 14.0. The first-order valence-corrected chi connectivity index (χ1v) is 10.8. The molecule has 0 fully saturated rings. The van der Waals surface area contributed by atoms with Gasteiger partial charge in [-0.1, -0.05) is 55.9 Å². The molecule has 2 heterocycles. The molecule has 6 heteroatoms. The van der Waals surface area contributed by atoms with Crippen molar-refractivity contribution in [2.75, 3.05) is 19.0 Å². The number of para-hydroxylation sites is 1. The molecule has 1 N–H and O–H groups in total. The minimum Gasteiger partial charge on any atom is -0.486 e. The SMILES string of the molecule is CC(C)[C@H](NC(=O)CSc1ccc2ccccc2n1)c1ccc2c(c1)OCCO2. The van der Waals surface area contributed by atoms with Crippen LogP contribution in [0.25, 0.3) is 10.9 Å². The smallest absolute Gasteiger partial charge is 0.230 e. The predicted molar refractivity (Wildman–Crippen MR) is 116 cm³/mol. The van der Waals surface area contributed by atoms with Crippen molar-refractivity contribution < 1.29 is 14.3 Å².